The lowest BCUT2D eigenvalue weighted by Gasteiger charge is -2.05. The Hall–Kier alpha value is -2.48. The number of fused-ring (bicyclic) bond motifs is 1. The van der Waals surface area contributed by atoms with Crippen LogP contribution >= 0.6 is 15.9 Å². The summed E-state index contributed by atoms with van der Waals surface area (Å²) in [5.74, 6) is -0.328. The molecule has 3 rings (SSSR count). The Bertz CT molecular complexity index is 854. The molecule has 20 heavy (non-hydrogen) atoms. The summed E-state index contributed by atoms with van der Waals surface area (Å²) in [6.45, 7) is 0. The van der Waals surface area contributed by atoms with Gasteiger partial charge in [-0.25, -0.2) is 4.98 Å². The summed E-state index contributed by atoms with van der Waals surface area (Å²) in [7, 11) is 0. The number of nitrogens with zero attached hydrogens (tertiary/aromatic N) is 2. The second-order valence-electron chi connectivity index (χ2n) is 3.95. The molecule has 0 aliphatic heterocycles. The van der Waals surface area contributed by atoms with Crippen LogP contribution in [0.1, 0.15) is 10.4 Å². The lowest BCUT2D eigenvalue weighted by molar-refractivity contribution is 0.102. The predicted octanol–water partition coefficient (Wildman–Crippen LogP) is 1.66. The second-order valence-corrected chi connectivity index (χ2v) is 4.80. The van der Waals surface area contributed by atoms with Crippen molar-refractivity contribution >= 4 is 38.9 Å². The molecule has 0 spiro atoms. The highest BCUT2D eigenvalue weighted by Crippen LogP contribution is 2.16. The first-order valence-corrected chi connectivity index (χ1v) is 6.44. The van der Waals surface area contributed by atoms with Gasteiger partial charge >= 0.3 is 0 Å². The lowest BCUT2D eigenvalue weighted by Crippen LogP contribution is -2.18. The van der Waals surface area contributed by atoms with E-state index in [0.717, 1.165) is 0 Å². The van der Waals surface area contributed by atoms with Crippen molar-refractivity contribution in [2.45, 2.75) is 0 Å². The number of hydrogen-bond donors (Lipinski definition) is 3. The molecule has 7 nitrogen and oxygen atoms in total. The monoisotopic (exact) mass is 333 g/mol. The topological polar surface area (TPSA) is 104 Å². The molecule has 2 heterocycles. The van der Waals surface area contributed by atoms with Crippen LogP contribution in [0.5, 0.6) is 0 Å². The number of hydrogen-bond acceptors (Lipinski definition) is 4. The molecule has 0 atom stereocenters. The molecule has 0 aliphatic rings. The maximum atomic E-state index is 12.1. The largest absolute Gasteiger partial charge is 0.339 e. The Labute approximate surface area is 120 Å². The van der Waals surface area contributed by atoms with Crippen molar-refractivity contribution in [2.24, 2.45) is 0 Å². The number of anilines is 1. The first-order chi connectivity index (χ1) is 9.65. The van der Waals surface area contributed by atoms with E-state index in [1.807, 2.05) is 0 Å². The molecule has 0 radical (unpaired) electrons. The fraction of sp³-hybridized carbons (Fsp3) is 0. The molecule has 0 saturated heterocycles. The Kier molecular flexibility index (Phi) is 3.07. The van der Waals surface area contributed by atoms with E-state index in [-0.39, 0.29) is 23.0 Å². The van der Waals surface area contributed by atoms with E-state index in [1.165, 1.54) is 6.33 Å². The molecule has 1 amide bonds. The van der Waals surface area contributed by atoms with Crippen LogP contribution in [0, 0.1) is 0 Å². The normalized spacial score (nSPS) is 10.7. The van der Waals surface area contributed by atoms with Gasteiger partial charge in [-0.1, -0.05) is 12.1 Å². The highest BCUT2D eigenvalue weighted by molar-refractivity contribution is 9.10. The van der Waals surface area contributed by atoms with Crippen molar-refractivity contribution < 1.29 is 4.79 Å². The molecule has 1 aromatic carbocycles. The zero-order valence-corrected chi connectivity index (χ0v) is 11.6. The van der Waals surface area contributed by atoms with E-state index in [1.54, 1.807) is 24.3 Å². The van der Waals surface area contributed by atoms with Crippen LogP contribution in [-0.4, -0.2) is 25.8 Å². The van der Waals surface area contributed by atoms with Crippen molar-refractivity contribution in [3.05, 3.63) is 51.0 Å². The van der Waals surface area contributed by atoms with Gasteiger partial charge in [0.1, 0.15) is 0 Å². The Morgan fingerprint density at radius 1 is 1.30 bits per heavy atom. The minimum absolute atomic E-state index is 0.0513. The summed E-state index contributed by atoms with van der Waals surface area (Å²) >= 11 is 3.29. The van der Waals surface area contributed by atoms with Crippen LogP contribution in [0.4, 0.5) is 5.95 Å². The molecule has 0 aliphatic carbocycles. The van der Waals surface area contributed by atoms with Crippen LogP contribution in [0.25, 0.3) is 11.2 Å². The predicted molar refractivity (Wildman–Crippen MR) is 76.6 cm³/mol. The summed E-state index contributed by atoms with van der Waals surface area (Å²) in [5.41, 5.74) is 0.562. The summed E-state index contributed by atoms with van der Waals surface area (Å²) in [4.78, 5) is 36.9. The molecule has 0 saturated carbocycles. The van der Waals surface area contributed by atoms with E-state index >= 15 is 0 Å². The lowest BCUT2D eigenvalue weighted by atomic mass is 10.2. The third-order valence-corrected chi connectivity index (χ3v) is 3.34. The fourth-order valence-corrected chi connectivity index (χ4v) is 2.19. The van der Waals surface area contributed by atoms with Crippen molar-refractivity contribution in [3.8, 4) is 0 Å². The number of carbonyl (C=O) groups is 1. The first-order valence-electron chi connectivity index (χ1n) is 5.64. The Balaban J connectivity index is 1.95. The van der Waals surface area contributed by atoms with Gasteiger partial charge in [-0.15, -0.1) is 0 Å². The number of amides is 1. The van der Waals surface area contributed by atoms with Gasteiger partial charge in [0.25, 0.3) is 11.5 Å². The maximum absolute atomic E-state index is 12.1. The van der Waals surface area contributed by atoms with Gasteiger partial charge in [-0.2, -0.15) is 4.98 Å². The van der Waals surface area contributed by atoms with Crippen LogP contribution in [-0.2, 0) is 0 Å². The van der Waals surface area contributed by atoms with Gasteiger partial charge in [0.15, 0.2) is 11.2 Å². The summed E-state index contributed by atoms with van der Waals surface area (Å²) in [6.07, 6.45) is 1.37. The van der Waals surface area contributed by atoms with E-state index in [2.05, 4.69) is 41.2 Å². The van der Waals surface area contributed by atoms with Crippen LogP contribution in [0.15, 0.2) is 39.9 Å². The number of imidazole rings is 1. The quantitative estimate of drug-likeness (QED) is 0.663. The molecule has 100 valence electrons. The number of aromatic amines is 2. The average molecular weight is 334 g/mol. The summed E-state index contributed by atoms with van der Waals surface area (Å²) in [6, 6.07) is 6.95. The number of rotatable bonds is 2. The second kappa shape index (κ2) is 4.89. The number of aromatic nitrogens is 4. The molecule has 0 bridgehead atoms. The molecular weight excluding hydrogens is 326 g/mol. The van der Waals surface area contributed by atoms with Crippen LogP contribution in [0.2, 0.25) is 0 Å². The number of nitrogens with one attached hydrogen (secondary N) is 3. The van der Waals surface area contributed by atoms with Gasteiger partial charge in [-0.05, 0) is 28.1 Å². The van der Waals surface area contributed by atoms with Crippen LogP contribution in [0.3, 0.4) is 0 Å². The SMILES string of the molecule is O=C(Nc1nc2nc[nH]c2c(=O)[nH]1)c1ccccc1Br. The van der Waals surface area contributed by atoms with Crippen molar-refractivity contribution in [2.75, 3.05) is 5.32 Å². The Morgan fingerprint density at radius 2 is 2.10 bits per heavy atom. The van der Waals surface area contributed by atoms with E-state index in [0.29, 0.717) is 10.0 Å². The molecule has 0 fully saturated rings. The van der Waals surface area contributed by atoms with Crippen LogP contribution < -0.4 is 10.9 Å². The van der Waals surface area contributed by atoms with Crippen molar-refractivity contribution in [1.29, 1.82) is 0 Å². The van der Waals surface area contributed by atoms with Crippen molar-refractivity contribution in [3.63, 3.8) is 0 Å². The van der Waals surface area contributed by atoms with Gasteiger partial charge in [0.05, 0.1) is 11.9 Å². The molecule has 3 aromatic rings. The molecule has 3 N–H and O–H groups in total. The minimum atomic E-state index is -0.394. The van der Waals surface area contributed by atoms with Gasteiger partial charge in [0.2, 0.25) is 5.95 Å². The molecule has 2 aromatic heterocycles. The number of benzene rings is 1. The van der Waals surface area contributed by atoms with E-state index in [4.69, 9.17) is 0 Å². The Morgan fingerprint density at radius 3 is 2.90 bits per heavy atom. The summed E-state index contributed by atoms with van der Waals surface area (Å²) < 4.78 is 0.653. The van der Waals surface area contributed by atoms with Gasteiger partial charge in [-0.3, -0.25) is 19.9 Å². The number of halogens is 1. The smallest absolute Gasteiger partial charge is 0.278 e. The van der Waals surface area contributed by atoms with Crippen molar-refractivity contribution in [1.82, 2.24) is 19.9 Å². The first kappa shape index (κ1) is 12.5. The molecule has 0 unspecified atom stereocenters. The highest BCUT2D eigenvalue weighted by atomic mass is 79.9. The average Bonchev–Trinajstić information content (AvgIpc) is 2.88. The molecular formula is C12H8BrN5O2. The fourth-order valence-electron chi connectivity index (χ4n) is 1.72. The highest BCUT2D eigenvalue weighted by Gasteiger charge is 2.12. The van der Waals surface area contributed by atoms with E-state index in [9.17, 15) is 9.59 Å². The van der Waals surface area contributed by atoms with Gasteiger partial charge < -0.3 is 4.98 Å². The third kappa shape index (κ3) is 2.21. The van der Waals surface area contributed by atoms with Gasteiger partial charge in [0, 0.05) is 4.47 Å². The molecule has 8 heteroatoms. The summed E-state index contributed by atoms with van der Waals surface area (Å²) in [5, 5.41) is 2.53. The maximum Gasteiger partial charge on any atom is 0.278 e. The number of H-pyrrole nitrogens is 2. The zero-order valence-electron chi connectivity index (χ0n) is 9.98. The minimum Gasteiger partial charge on any atom is -0.339 e. The van der Waals surface area contributed by atoms with E-state index < -0.39 is 5.56 Å². The number of carbonyl (C=O) groups excluding carboxylic acids is 1. The third-order valence-electron chi connectivity index (χ3n) is 2.65. The zero-order chi connectivity index (χ0) is 14.1. The standard InChI is InChI=1S/C12H8BrN5O2/c13-7-4-2-1-3-6(7)10(19)17-12-16-9-8(11(20)18-12)14-5-15-9/h1-5H,(H3,14,15,16,17,18,19,20).